The van der Waals surface area contributed by atoms with Crippen molar-refractivity contribution in [2.24, 2.45) is 5.73 Å². The number of nitrogens with two attached hydrogens (primary N) is 1. The highest BCUT2D eigenvalue weighted by molar-refractivity contribution is 7.80. The first-order chi connectivity index (χ1) is 9.97. The SMILES string of the molecule is Cc1occc1CN(C)CC(O)c1ccc(C(N)=S)cc1. The van der Waals surface area contributed by atoms with Crippen molar-refractivity contribution < 1.29 is 9.52 Å². The Morgan fingerprint density at radius 1 is 1.33 bits per heavy atom. The second kappa shape index (κ2) is 6.85. The summed E-state index contributed by atoms with van der Waals surface area (Å²) in [5, 5.41) is 10.3. The smallest absolute Gasteiger partial charge is 0.105 e. The lowest BCUT2D eigenvalue weighted by Gasteiger charge is -2.20. The molecular weight excluding hydrogens is 284 g/mol. The molecule has 0 spiro atoms. The number of aliphatic hydroxyl groups excluding tert-OH is 1. The average molecular weight is 304 g/mol. The zero-order valence-electron chi connectivity index (χ0n) is 12.2. The number of thiocarbonyl (C=S) groups is 1. The van der Waals surface area contributed by atoms with Crippen LogP contribution in [0.25, 0.3) is 0 Å². The van der Waals surface area contributed by atoms with E-state index < -0.39 is 6.10 Å². The fraction of sp³-hybridized carbons (Fsp3) is 0.312. The second-order valence-electron chi connectivity index (χ2n) is 5.20. The van der Waals surface area contributed by atoms with Gasteiger partial charge in [0.2, 0.25) is 0 Å². The zero-order valence-corrected chi connectivity index (χ0v) is 13.1. The molecule has 3 N–H and O–H groups in total. The maximum Gasteiger partial charge on any atom is 0.105 e. The molecule has 5 heteroatoms. The van der Waals surface area contributed by atoms with Crippen LogP contribution in [0, 0.1) is 6.92 Å². The second-order valence-corrected chi connectivity index (χ2v) is 5.64. The molecule has 4 nitrogen and oxygen atoms in total. The summed E-state index contributed by atoms with van der Waals surface area (Å²) in [4.78, 5) is 2.42. The average Bonchev–Trinajstić information content (AvgIpc) is 2.84. The van der Waals surface area contributed by atoms with Crippen molar-refractivity contribution in [1.82, 2.24) is 4.90 Å². The van der Waals surface area contributed by atoms with E-state index in [1.807, 2.05) is 44.3 Å². The van der Waals surface area contributed by atoms with Gasteiger partial charge in [0.1, 0.15) is 10.7 Å². The van der Waals surface area contributed by atoms with E-state index in [1.54, 1.807) is 6.26 Å². The van der Waals surface area contributed by atoms with Crippen molar-refractivity contribution in [3.8, 4) is 0 Å². The summed E-state index contributed by atoms with van der Waals surface area (Å²) in [5.41, 5.74) is 8.36. The molecule has 0 saturated heterocycles. The first-order valence-corrected chi connectivity index (χ1v) is 7.17. The van der Waals surface area contributed by atoms with Crippen LogP contribution in [-0.4, -0.2) is 28.6 Å². The summed E-state index contributed by atoms with van der Waals surface area (Å²) in [6.45, 7) is 3.22. The predicted octanol–water partition coefficient (Wildman–Crippen LogP) is 2.39. The monoisotopic (exact) mass is 304 g/mol. The van der Waals surface area contributed by atoms with Gasteiger partial charge < -0.3 is 15.3 Å². The number of furan rings is 1. The topological polar surface area (TPSA) is 62.6 Å². The van der Waals surface area contributed by atoms with Gasteiger partial charge in [0.25, 0.3) is 0 Å². The van der Waals surface area contributed by atoms with E-state index >= 15 is 0 Å². The summed E-state index contributed by atoms with van der Waals surface area (Å²) >= 11 is 4.92. The maximum absolute atomic E-state index is 10.3. The number of nitrogens with zero attached hydrogens (tertiary/aromatic N) is 1. The molecule has 1 unspecified atom stereocenters. The molecule has 2 aromatic rings. The molecule has 0 saturated carbocycles. The van der Waals surface area contributed by atoms with Crippen molar-refractivity contribution >= 4 is 17.2 Å². The van der Waals surface area contributed by atoms with E-state index in [-0.39, 0.29) is 0 Å². The van der Waals surface area contributed by atoms with Crippen LogP contribution >= 0.6 is 12.2 Å². The van der Waals surface area contributed by atoms with Crippen molar-refractivity contribution in [3.63, 3.8) is 0 Å². The normalized spacial score (nSPS) is 12.6. The highest BCUT2D eigenvalue weighted by Gasteiger charge is 2.12. The fourth-order valence-corrected chi connectivity index (χ4v) is 2.34. The Morgan fingerprint density at radius 3 is 2.52 bits per heavy atom. The van der Waals surface area contributed by atoms with E-state index in [0.717, 1.165) is 29.0 Å². The highest BCUT2D eigenvalue weighted by atomic mass is 32.1. The van der Waals surface area contributed by atoms with Crippen molar-refractivity contribution in [1.29, 1.82) is 0 Å². The van der Waals surface area contributed by atoms with Crippen LogP contribution in [0.5, 0.6) is 0 Å². The molecule has 0 aliphatic carbocycles. The molecule has 1 heterocycles. The minimum absolute atomic E-state index is 0.364. The minimum atomic E-state index is -0.553. The number of aliphatic hydroxyl groups is 1. The van der Waals surface area contributed by atoms with E-state index in [0.29, 0.717) is 11.5 Å². The van der Waals surface area contributed by atoms with E-state index in [4.69, 9.17) is 22.4 Å². The van der Waals surface area contributed by atoms with Crippen LogP contribution in [0.2, 0.25) is 0 Å². The van der Waals surface area contributed by atoms with Gasteiger partial charge in [-0.05, 0) is 25.6 Å². The Morgan fingerprint density at radius 2 is 2.00 bits per heavy atom. The predicted molar refractivity (Wildman–Crippen MR) is 87.1 cm³/mol. The van der Waals surface area contributed by atoms with Crippen LogP contribution in [0.3, 0.4) is 0 Å². The maximum atomic E-state index is 10.3. The molecule has 2 rings (SSSR count). The molecule has 0 aliphatic heterocycles. The van der Waals surface area contributed by atoms with Gasteiger partial charge in [0.15, 0.2) is 0 Å². The number of hydrogen-bond acceptors (Lipinski definition) is 4. The van der Waals surface area contributed by atoms with Crippen LogP contribution in [0.4, 0.5) is 0 Å². The van der Waals surface area contributed by atoms with Crippen molar-refractivity contribution in [2.75, 3.05) is 13.6 Å². The number of benzene rings is 1. The van der Waals surface area contributed by atoms with Gasteiger partial charge in [-0.1, -0.05) is 36.5 Å². The van der Waals surface area contributed by atoms with Gasteiger partial charge in [-0.2, -0.15) is 0 Å². The molecule has 21 heavy (non-hydrogen) atoms. The Kier molecular flexibility index (Phi) is 5.12. The third kappa shape index (κ3) is 4.14. The van der Waals surface area contributed by atoms with E-state index in [2.05, 4.69) is 4.90 Å². The molecule has 1 aromatic heterocycles. The third-order valence-corrected chi connectivity index (χ3v) is 3.71. The van der Waals surface area contributed by atoms with E-state index in [9.17, 15) is 5.11 Å². The Hall–Kier alpha value is -1.69. The first kappa shape index (κ1) is 15.7. The van der Waals surface area contributed by atoms with Crippen molar-refractivity contribution in [3.05, 3.63) is 59.0 Å². The quantitative estimate of drug-likeness (QED) is 0.802. The summed E-state index contributed by atoms with van der Waals surface area (Å²) in [6, 6.07) is 9.34. The Balaban J connectivity index is 1.95. The minimum Gasteiger partial charge on any atom is -0.469 e. The summed E-state index contributed by atoms with van der Waals surface area (Å²) in [7, 11) is 1.97. The van der Waals surface area contributed by atoms with Gasteiger partial charge in [0.05, 0.1) is 12.4 Å². The zero-order chi connectivity index (χ0) is 15.4. The molecule has 0 aliphatic rings. The van der Waals surface area contributed by atoms with Crippen LogP contribution < -0.4 is 5.73 Å². The molecule has 1 aromatic carbocycles. The molecule has 0 radical (unpaired) electrons. The summed E-state index contributed by atoms with van der Waals surface area (Å²) in [6.07, 6.45) is 1.13. The lowest BCUT2D eigenvalue weighted by molar-refractivity contribution is 0.123. The number of aryl methyl sites for hydroxylation is 1. The summed E-state index contributed by atoms with van der Waals surface area (Å²) < 4.78 is 5.28. The van der Waals surface area contributed by atoms with Gasteiger partial charge >= 0.3 is 0 Å². The van der Waals surface area contributed by atoms with Crippen LogP contribution in [0.15, 0.2) is 41.0 Å². The van der Waals surface area contributed by atoms with Crippen LogP contribution in [-0.2, 0) is 6.54 Å². The number of likely N-dealkylation sites (N-methyl/N-ethyl adjacent to an activating group) is 1. The summed E-state index contributed by atoms with van der Waals surface area (Å²) in [5.74, 6) is 0.914. The van der Waals surface area contributed by atoms with Gasteiger partial charge in [-0.25, -0.2) is 0 Å². The van der Waals surface area contributed by atoms with E-state index in [1.165, 1.54) is 0 Å². The standard InChI is InChI=1S/C16H20N2O2S/c1-11-14(7-8-20-11)9-18(2)10-15(19)12-3-5-13(6-4-12)16(17)21/h3-8,15,19H,9-10H2,1-2H3,(H2,17,21). The number of rotatable bonds is 6. The molecule has 0 fully saturated rings. The lowest BCUT2D eigenvalue weighted by Crippen LogP contribution is -2.24. The molecular formula is C16H20N2O2S. The lowest BCUT2D eigenvalue weighted by atomic mass is 10.1. The molecule has 0 amide bonds. The third-order valence-electron chi connectivity index (χ3n) is 3.47. The molecule has 112 valence electrons. The van der Waals surface area contributed by atoms with Gasteiger partial charge in [-0.3, -0.25) is 4.90 Å². The van der Waals surface area contributed by atoms with Crippen molar-refractivity contribution in [2.45, 2.75) is 19.6 Å². The molecule has 1 atom stereocenters. The Bertz CT molecular complexity index is 607. The van der Waals surface area contributed by atoms with Gasteiger partial charge in [-0.15, -0.1) is 0 Å². The molecule has 0 bridgehead atoms. The fourth-order valence-electron chi connectivity index (χ4n) is 2.20. The Labute approximate surface area is 130 Å². The highest BCUT2D eigenvalue weighted by Crippen LogP contribution is 2.17. The number of hydrogen-bond donors (Lipinski definition) is 2. The first-order valence-electron chi connectivity index (χ1n) is 6.76. The van der Waals surface area contributed by atoms with Gasteiger partial charge in [0, 0.05) is 24.2 Å². The largest absolute Gasteiger partial charge is 0.469 e. The van der Waals surface area contributed by atoms with Crippen LogP contribution in [0.1, 0.15) is 28.6 Å².